The van der Waals surface area contributed by atoms with Crippen LogP contribution in [0.15, 0.2) is 27.4 Å². The van der Waals surface area contributed by atoms with Gasteiger partial charge in [-0.2, -0.15) is 5.10 Å². The lowest BCUT2D eigenvalue weighted by atomic mass is 10.7. The van der Waals surface area contributed by atoms with Crippen molar-refractivity contribution in [1.82, 2.24) is 25.4 Å². The Balaban J connectivity index is 2.25. The molecule has 0 saturated carbocycles. The summed E-state index contributed by atoms with van der Waals surface area (Å²) in [6.45, 7) is 0. The predicted molar refractivity (Wildman–Crippen MR) is 41.9 cm³/mol. The maximum Gasteiger partial charge on any atom is 0.278 e. The molecule has 3 N–H and O–H groups in total. The highest BCUT2D eigenvalue weighted by Gasteiger charge is 2.03. The number of hydrogen-bond donors (Lipinski definition) is 3. The number of rotatable bonds is 2. The summed E-state index contributed by atoms with van der Waals surface area (Å²) in [5, 5.41) is 11.9. The Kier molecular flexibility index (Phi) is 1.71. The molecule has 0 radical (unpaired) electrons. The van der Waals surface area contributed by atoms with E-state index in [2.05, 4.69) is 25.4 Å². The molecule has 12 heavy (non-hydrogen) atoms. The first-order valence-electron chi connectivity index (χ1n) is 3.15. The zero-order valence-corrected chi connectivity index (χ0v) is 6.68. The molecule has 0 fully saturated rings. The van der Waals surface area contributed by atoms with Crippen LogP contribution >= 0.6 is 11.8 Å². The minimum absolute atomic E-state index is 0.156. The van der Waals surface area contributed by atoms with Crippen LogP contribution in [0, 0.1) is 0 Å². The van der Waals surface area contributed by atoms with E-state index >= 15 is 0 Å². The fourth-order valence-corrected chi connectivity index (χ4v) is 1.39. The van der Waals surface area contributed by atoms with Crippen molar-refractivity contribution in [2.45, 2.75) is 10.1 Å². The SMILES string of the molecule is O=c1[nH][nH]cc1Sc1ncn[nH]1. The molecule has 0 saturated heterocycles. The first kappa shape index (κ1) is 7.17. The summed E-state index contributed by atoms with van der Waals surface area (Å²) in [5.74, 6) is 0. The van der Waals surface area contributed by atoms with Crippen molar-refractivity contribution in [1.29, 1.82) is 0 Å². The van der Waals surface area contributed by atoms with Gasteiger partial charge in [0.2, 0.25) is 0 Å². The molecule has 2 rings (SSSR count). The maximum atomic E-state index is 11.0. The second kappa shape index (κ2) is 2.86. The third-order valence-corrected chi connectivity index (χ3v) is 2.13. The van der Waals surface area contributed by atoms with Gasteiger partial charge in [0.15, 0.2) is 5.16 Å². The Labute approximate surface area is 70.8 Å². The highest BCUT2D eigenvalue weighted by Crippen LogP contribution is 2.18. The van der Waals surface area contributed by atoms with Crippen LogP contribution in [0.5, 0.6) is 0 Å². The molecule has 0 aliphatic heterocycles. The molecule has 6 nitrogen and oxygen atoms in total. The van der Waals surface area contributed by atoms with E-state index in [1.807, 2.05) is 0 Å². The van der Waals surface area contributed by atoms with Crippen LogP contribution in [0.4, 0.5) is 0 Å². The van der Waals surface area contributed by atoms with Crippen LogP contribution in [0.1, 0.15) is 0 Å². The second-order valence-corrected chi connectivity index (χ2v) is 3.03. The normalized spacial score (nSPS) is 10.3. The summed E-state index contributed by atoms with van der Waals surface area (Å²) in [6.07, 6.45) is 2.97. The largest absolute Gasteiger partial charge is 0.304 e. The molecular weight excluding hydrogens is 178 g/mol. The van der Waals surface area contributed by atoms with Crippen molar-refractivity contribution in [3.05, 3.63) is 22.9 Å². The number of nitrogens with zero attached hydrogens (tertiary/aromatic N) is 2. The van der Waals surface area contributed by atoms with Gasteiger partial charge in [-0.1, -0.05) is 0 Å². The minimum Gasteiger partial charge on any atom is -0.304 e. The number of nitrogens with one attached hydrogen (secondary N) is 3. The third kappa shape index (κ3) is 1.26. The Bertz CT molecular complexity index is 401. The summed E-state index contributed by atoms with van der Waals surface area (Å²) in [4.78, 5) is 15.4. The number of aromatic amines is 3. The molecule has 62 valence electrons. The molecule has 0 amide bonds. The highest BCUT2D eigenvalue weighted by atomic mass is 32.2. The summed E-state index contributed by atoms with van der Waals surface area (Å²) in [7, 11) is 0. The molecule has 0 aliphatic carbocycles. The van der Waals surface area contributed by atoms with Gasteiger partial charge in [0, 0.05) is 6.20 Å². The topological polar surface area (TPSA) is 90.2 Å². The Morgan fingerprint density at radius 3 is 3.00 bits per heavy atom. The number of hydrogen-bond acceptors (Lipinski definition) is 4. The summed E-state index contributed by atoms with van der Waals surface area (Å²) < 4.78 is 0. The van der Waals surface area contributed by atoms with Crippen LogP contribution in [0.25, 0.3) is 0 Å². The smallest absolute Gasteiger partial charge is 0.278 e. The molecule has 0 atom stereocenters. The fourth-order valence-electron chi connectivity index (χ4n) is 0.718. The van der Waals surface area contributed by atoms with E-state index in [-0.39, 0.29) is 5.56 Å². The van der Waals surface area contributed by atoms with Crippen LogP contribution in [0.3, 0.4) is 0 Å². The van der Waals surface area contributed by atoms with Gasteiger partial charge >= 0.3 is 0 Å². The van der Waals surface area contributed by atoms with E-state index in [9.17, 15) is 4.79 Å². The van der Waals surface area contributed by atoms with E-state index in [1.54, 1.807) is 6.20 Å². The van der Waals surface area contributed by atoms with Crippen LogP contribution < -0.4 is 5.56 Å². The quantitative estimate of drug-likeness (QED) is 0.610. The average molecular weight is 183 g/mol. The lowest BCUT2D eigenvalue weighted by Gasteiger charge is -1.86. The van der Waals surface area contributed by atoms with Crippen LogP contribution in [-0.2, 0) is 0 Å². The average Bonchev–Trinajstić information content (AvgIpc) is 2.65. The highest BCUT2D eigenvalue weighted by molar-refractivity contribution is 7.99. The van der Waals surface area contributed by atoms with Crippen LogP contribution in [-0.4, -0.2) is 25.4 Å². The fraction of sp³-hybridized carbons (Fsp3) is 0. The van der Waals surface area contributed by atoms with Crippen molar-refractivity contribution in [3.8, 4) is 0 Å². The summed E-state index contributed by atoms with van der Waals surface area (Å²) >= 11 is 1.22. The van der Waals surface area contributed by atoms with Gasteiger partial charge in [-0.05, 0) is 11.8 Å². The molecule has 0 bridgehead atoms. The Morgan fingerprint density at radius 2 is 2.42 bits per heavy atom. The number of aromatic nitrogens is 5. The Morgan fingerprint density at radius 1 is 1.50 bits per heavy atom. The molecule has 2 aromatic rings. The molecule has 2 aromatic heterocycles. The lowest BCUT2D eigenvalue weighted by Crippen LogP contribution is -2.00. The first-order valence-corrected chi connectivity index (χ1v) is 3.97. The molecule has 0 aliphatic rings. The van der Waals surface area contributed by atoms with Crippen molar-refractivity contribution >= 4 is 11.8 Å². The van der Waals surface area contributed by atoms with E-state index in [0.717, 1.165) is 0 Å². The van der Waals surface area contributed by atoms with E-state index in [4.69, 9.17) is 0 Å². The van der Waals surface area contributed by atoms with Crippen molar-refractivity contribution in [2.24, 2.45) is 0 Å². The molecule has 2 heterocycles. The van der Waals surface area contributed by atoms with Crippen molar-refractivity contribution in [2.75, 3.05) is 0 Å². The molecule has 7 heteroatoms. The Hall–Kier alpha value is -1.50. The van der Waals surface area contributed by atoms with Gasteiger partial charge in [0.1, 0.15) is 6.33 Å². The van der Waals surface area contributed by atoms with Gasteiger partial charge in [0.25, 0.3) is 5.56 Å². The van der Waals surface area contributed by atoms with E-state index < -0.39 is 0 Å². The van der Waals surface area contributed by atoms with Crippen molar-refractivity contribution in [3.63, 3.8) is 0 Å². The van der Waals surface area contributed by atoms with E-state index in [1.165, 1.54) is 18.1 Å². The molecule has 0 spiro atoms. The van der Waals surface area contributed by atoms with Gasteiger partial charge in [-0.15, -0.1) is 0 Å². The lowest BCUT2D eigenvalue weighted by molar-refractivity contribution is 0.972. The summed E-state index contributed by atoms with van der Waals surface area (Å²) in [5.41, 5.74) is -0.156. The standard InChI is InChI=1S/C5H5N5OS/c11-4-3(1-7-9-4)12-5-6-2-8-10-5/h1-2H,(H,6,8,10)(H2,7,9,11). The first-order chi connectivity index (χ1) is 5.86. The summed E-state index contributed by atoms with van der Waals surface area (Å²) in [6, 6.07) is 0. The molecule has 0 unspecified atom stereocenters. The zero-order chi connectivity index (χ0) is 8.39. The van der Waals surface area contributed by atoms with Gasteiger partial charge in [-0.3, -0.25) is 15.0 Å². The maximum absolute atomic E-state index is 11.0. The minimum atomic E-state index is -0.156. The van der Waals surface area contributed by atoms with E-state index in [0.29, 0.717) is 10.1 Å². The predicted octanol–water partition coefficient (Wildman–Crippen LogP) is -0.0277. The number of H-pyrrole nitrogens is 3. The van der Waals surface area contributed by atoms with Gasteiger partial charge in [-0.25, -0.2) is 4.98 Å². The molecule has 0 aromatic carbocycles. The van der Waals surface area contributed by atoms with Gasteiger partial charge in [0.05, 0.1) is 4.90 Å². The monoisotopic (exact) mass is 183 g/mol. The van der Waals surface area contributed by atoms with Crippen LogP contribution in [0.2, 0.25) is 0 Å². The second-order valence-electron chi connectivity index (χ2n) is 2.00. The van der Waals surface area contributed by atoms with Gasteiger partial charge < -0.3 is 5.10 Å². The third-order valence-electron chi connectivity index (χ3n) is 1.21. The molecular formula is C5H5N5OS. The van der Waals surface area contributed by atoms with Crippen molar-refractivity contribution < 1.29 is 0 Å². The zero-order valence-electron chi connectivity index (χ0n) is 5.87.